The maximum atomic E-state index is 12.7. The number of rotatable bonds is 5. The molecule has 0 heterocycles. The third-order valence-electron chi connectivity index (χ3n) is 3.46. The summed E-state index contributed by atoms with van der Waals surface area (Å²) in [6, 6.07) is 10.9. The van der Waals surface area contributed by atoms with E-state index in [2.05, 4.69) is 0 Å². The summed E-state index contributed by atoms with van der Waals surface area (Å²) < 4.78 is 18.2. The average molecular weight is 315 g/mol. The van der Waals surface area contributed by atoms with E-state index in [0.29, 0.717) is 23.2 Å². The molecule has 0 aromatic heterocycles. The molecule has 2 aromatic rings. The van der Waals surface area contributed by atoms with Gasteiger partial charge in [0, 0.05) is 5.56 Å². The smallest absolute Gasteiger partial charge is 0.247 e. The predicted molar refractivity (Wildman–Crippen MR) is 89.8 cm³/mol. The minimum Gasteiger partial charge on any atom is -0.493 e. The van der Waals surface area contributed by atoms with Gasteiger partial charge in [-0.3, -0.25) is 9.36 Å². The van der Waals surface area contributed by atoms with Gasteiger partial charge < -0.3 is 4.74 Å². The average Bonchev–Trinajstić information content (AvgIpc) is 2.46. The maximum Gasteiger partial charge on any atom is 0.247 e. The summed E-state index contributed by atoms with van der Waals surface area (Å²) in [6.45, 7) is 8.07. The summed E-state index contributed by atoms with van der Waals surface area (Å²) in [5, 5.41) is 0.462. The van der Waals surface area contributed by atoms with E-state index in [9.17, 15) is 9.36 Å². The fraction of sp³-hybridized carbons (Fsp3) is 0.278. The standard InChI is InChI=1S/C18H20O3P/c1-5-21-15-8-6-7-9-16(15)22(20)18(19)17-13(3)10-12(2)11-14(17)4/h6-11H,5H2,1-4H3. The second-order valence-electron chi connectivity index (χ2n) is 5.27. The molecule has 1 radical (unpaired) electrons. The highest BCUT2D eigenvalue weighted by molar-refractivity contribution is 7.71. The first-order chi connectivity index (χ1) is 10.5. The zero-order valence-corrected chi connectivity index (χ0v) is 14.2. The van der Waals surface area contributed by atoms with Crippen molar-refractivity contribution in [3.05, 3.63) is 58.7 Å². The fourth-order valence-electron chi connectivity index (χ4n) is 2.63. The SMILES string of the molecule is CCOc1ccccc1[P](=O)C(=O)c1c(C)cc(C)cc1C. The Morgan fingerprint density at radius 3 is 2.27 bits per heavy atom. The normalized spacial score (nSPS) is 11.2. The Kier molecular flexibility index (Phi) is 5.10. The molecule has 0 N–H and O–H groups in total. The molecule has 22 heavy (non-hydrogen) atoms. The van der Waals surface area contributed by atoms with Crippen LogP contribution in [0, 0.1) is 20.8 Å². The predicted octanol–water partition coefficient (Wildman–Crippen LogP) is 4.30. The van der Waals surface area contributed by atoms with Gasteiger partial charge in [-0.15, -0.1) is 0 Å². The molecule has 1 unspecified atom stereocenters. The molecular formula is C18H20O3P. The molecule has 0 spiro atoms. The van der Waals surface area contributed by atoms with Gasteiger partial charge in [-0.1, -0.05) is 29.8 Å². The lowest BCUT2D eigenvalue weighted by Gasteiger charge is -2.12. The summed E-state index contributed by atoms with van der Waals surface area (Å²) in [5.74, 6) is 0.516. The number of aryl methyl sites for hydroxylation is 3. The Morgan fingerprint density at radius 1 is 1.09 bits per heavy atom. The van der Waals surface area contributed by atoms with Crippen LogP contribution in [0.5, 0.6) is 5.75 Å². The number of para-hydroxylation sites is 1. The van der Waals surface area contributed by atoms with E-state index in [4.69, 9.17) is 4.74 Å². The Hall–Kier alpha value is -1.99. The van der Waals surface area contributed by atoms with Crippen LogP contribution in [0.1, 0.15) is 34.0 Å². The van der Waals surface area contributed by atoms with Crippen molar-refractivity contribution in [2.24, 2.45) is 0 Å². The van der Waals surface area contributed by atoms with Crippen molar-refractivity contribution in [1.29, 1.82) is 0 Å². The first kappa shape index (κ1) is 16.4. The number of hydrogen-bond donors (Lipinski definition) is 0. The number of carbonyl (C=O) groups excluding carboxylic acids is 1. The molecule has 1 atom stereocenters. The quantitative estimate of drug-likeness (QED) is 0.773. The summed E-state index contributed by atoms with van der Waals surface area (Å²) in [5.41, 5.74) is 3.03. The van der Waals surface area contributed by atoms with E-state index >= 15 is 0 Å². The molecule has 0 aliphatic carbocycles. The van der Waals surface area contributed by atoms with Gasteiger partial charge in [0.25, 0.3) is 0 Å². The molecular weight excluding hydrogens is 295 g/mol. The number of carbonyl (C=O) groups is 1. The van der Waals surface area contributed by atoms with E-state index in [0.717, 1.165) is 16.7 Å². The molecule has 0 aliphatic rings. The molecule has 0 saturated heterocycles. The van der Waals surface area contributed by atoms with Crippen LogP contribution < -0.4 is 10.0 Å². The first-order valence-corrected chi connectivity index (χ1v) is 8.53. The van der Waals surface area contributed by atoms with Gasteiger partial charge in [-0.25, -0.2) is 0 Å². The number of ether oxygens (including phenoxy) is 1. The van der Waals surface area contributed by atoms with Crippen LogP contribution in [-0.2, 0) is 4.57 Å². The zero-order chi connectivity index (χ0) is 16.3. The second kappa shape index (κ2) is 6.85. The van der Waals surface area contributed by atoms with E-state index in [1.807, 2.05) is 45.9 Å². The number of hydrogen-bond acceptors (Lipinski definition) is 3. The fourth-order valence-corrected chi connectivity index (χ4v) is 3.97. The summed E-state index contributed by atoms with van der Waals surface area (Å²) in [4.78, 5) is 12.7. The molecule has 2 aromatic carbocycles. The van der Waals surface area contributed by atoms with E-state index in [1.165, 1.54) is 0 Å². The molecule has 0 bridgehead atoms. The number of benzene rings is 2. The Bertz CT molecular complexity index is 712. The maximum absolute atomic E-state index is 12.7. The lowest BCUT2D eigenvalue weighted by atomic mass is 10.0. The highest BCUT2D eigenvalue weighted by Crippen LogP contribution is 2.33. The highest BCUT2D eigenvalue weighted by Gasteiger charge is 2.23. The van der Waals surface area contributed by atoms with E-state index in [1.54, 1.807) is 18.2 Å². The van der Waals surface area contributed by atoms with Gasteiger partial charge in [0.15, 0.2) is 7.80 Å². The second-order valence-corrected chi connectivity index (χ2v) is 6.75. The van der Waals surface area contributed by atoms with Crippen LogP contribution >= 0.6 is 7.80 Å². The van der Waals surface area contributed by atoms with E-state index in [-0.39, 0.29) is 5.52 Å². The molecule has 0 saturated carbocycles. The topological polar surface area (TPSA) is 43.4 Å². The van der Waals surface area contributed by atoms with Crippen LogP contribution in [0.25, 0.3) is 0 Å². The van der Waals surface area contributed by atoms with Crippen LogP contribution in [0.4, 0.5) is 0 Å². The van der Waals surface area contributed by atoms with Gasteiger partial charge in [0.1, 0.15) is 5.75 Å². The molecule has 3 nitrogen and oxygen atoms in total. The Labute approximate surface area is 132 Å². The van der Waals surface area contributed by atoms with Gasteiger partial charge in [0.2, 0.25) is 5.52 Å². The van der Waals surface area contributed by atoms with Crippen molar-refractivity contribution in [3.63, 3.8) is 0 Å². The van der Waals surface area contributed by atoms with Gasteiger partial charge in [-0.05, 0) is 51.0 Å². The molecule has 0 fully saturated rings. The van der Waals surface area contributed by atoms with Crippen LogP contribution in [-0.4, -0.2) is 12.1 Å². The van der Waals surface area contributed by atoms with Crippen LogP contribution in [0.15, 0.2) is 36.4 Å². The van der Waals surface area contributed by atoms with Gasteiger partial charge in [0.05, 0.1) is 11.9 Å². The van der Waals surface area contributed by atoms with Crippen molar-refractivity contribution in [2.45, 2.75) is 27.7 Å². The van der Waals surface area contributed by atoms with Crippen molar-refractivity contribution < 1.29 is 14.1 Å². The van der Waals surface area contributed by atoms with Crippen molar-refractivity contribution in [3.8, 4) is 5.75 Å². The van der Waals surface area contributed by atoms with Crippen molar-refractivity contribution in [1.82, 2.24) is 0 Å². The lowest BCUT2D eigenvalue weighted by molar-refractivity contribution is 0.107. The largest absolute Gasteiger partial charge is 0.493 e. The summed E-state index contributed by atoms with van der Waals surface area (Å²) in [7, 11) is -2.20. The van der Waals surface area contributed by atoms with Crippen LogP contribution in [0.2, 0.25) is 0 Å². The van der Waals surface area contributed by atoms with Crippen molar-refractivity contribution >= 4 is 18.6 Å². The van der Waals surface area contributed by atoms with Gasteiger partial charge >= 0.3 is 0 Å². The minimum absolute atomic E-state index is 0.336. The molecule has 0 amide bonds. The van der Waals surface area contributed by atoms with Gasteiger partial charge in [-0.2, -0.15) is 0 Å². The Morgan fingerprint density at radius 2 is 1.68 bits per heavy atom. The minimum atomic E-state index is -2.20. The molecule has 2 rings (SSSR count). The lowest BCUT2D eigenvalue weighted by Crippen LogP contribution is -2.11. The third-order valence-corrected chi connectivity index (χ3v) is 4.86. The summed E-state index contributed by atoms with van der Waals surface area (Å²) >= 11 is 0. The molecule has 115 valence electrons. The monoisotopic (exact) mass is 315 g/mol. The van der Waals surface area contributed by atoms with Crippen molar-refractivity contribution in [2.75, 3.05) is 6.61 Å². The van der Waals surface area contributed by atoms with Crippen LogP contribution in [0.3, 0.4) is 0 Å². The zero-order valence-electron chi connectivity index (χ0n) is 13.3. The highest BCUT2D eigenvalue weighted by atomic mass is 31.1. The first-order valence-electron chi connectivity index (χ1n) is 7.27. The van der Waals surface area contributed by atoms with E-state index < -0.39 is 7.80 Å². The molecule has 4 heteroatoms. The summed E-state index contributed by atoms with van der Waals surface area (Å²) in [6.07, 6.45) is 0. The Balaban J connectivity index is 2.45. The molecule has 0 aliphatic heterocycles. The third kappa shape index (κ3) is 3.26.